The monoisotopic (exact) mass is 266 g/mol. The van der Waals surface area contributed by atoms with Gasteiger partial charge in [-0.3, -0.25) is 9.58 Å². The Kier molecular flexibility index (Phi) is 5.36. The summed E-state index contributed by atoms with van der Waals surface area (Å²) in [4.78, 5) is 2.50. The lowest BCUT2D eigenvalue weighted by molar-refractivity contribution is -0.0117. The van der Waals surface area contributed by atoms with Crippen molar-refractivity contribution >= 4 is 0 Å². The van der Waals surface area contributed by atoms with E-state index in [1.807, 2.05) is 11.7 Å². The summed E-state index contributed by atoms with van der Waals surface area (Å²) in [5.74, 6) is 0. The van der Waals surface area contributed by atoms with Crippen molar-refractivity contribution in [3.05, 3.63) is 17.5 Å². The number of ether oxygens (including phenoxy) is 1. The van der Waals surface area contributed by atoms with Crippen molar-refractivity contribution in [3.8, 4) is 0 Å². The van der Waals surface area contributed by atoms with E-state index in [0.29, 0.717) is 6.04 Å². The van der Waals surface area contributed by atoms with Crippen LogP contribution in [0.25, 0.3) is 0 Å². The van der Waals surface area contributed by atoms with E-state index >= 15 is 0 Å². The van der Waals surface area contributed by atoms with E-state index in [1.54, 1.807) is 0 Å². The first-order valence-electron chi connectivity index (χ1n) is 7.28. The van der Waals surface area contributed by atoms with Crippen LogP contribution in [0.3, 0.4) is 0 Å². The fourth-order valence-electron chi connectivity index (χ4n) is 2.50. The number of nitrogens with zero attached hydrogens (tertiary/aromatic N) is 3. The zero-order valence-electron chi connectivity index (χ0n) is 12.4. The van der Waals surface area contributed by atoms with E-state index in [-0.39, 0.29) is 0 Å². The van der Waals surface area contributed by atoms with E-state index in [4.69, 9.17) is 4.74 Å². The predicted molar refractivity (Wildman–Crippen MR) is 76.1 cm³/mol. The molecule has 2 rings (SSSR count). The molecule has 5 nitrogen and oxygen atoms in total. The molecular weight excluding hydrogens is 240 g/mol. The van der Waals surface area contributed by atoms with Gasteiger partial charge in [0.05, 0.1) is 24.6 Å². The standard InChI is InChI=1S/C14H26N4O/c1-4-12-8-13(17(3)16-12)10-18-6-7-19-11-14(18)9-15-5-2/h8,14-15H,4-7,9-11H2,1-3H3. The maximum Gasteiger partial charge on any atom is 0.0635 e. The molecular formula is C14H26N4O. The van der Waals surface area contributed by atoms with Crippen molar-refractivity contribution in [1.82, 2.24) is 20.0 Å². The number of nitrogens with one attached hydrogen (secondary N) is 1. The maximum absolute atomic E-state index is 5.60. The van der Waals surface area contributed by atoms with E-state index in [2.05, 4.69) is 35.2 Å². The van der Waals surface area contributed by atoms with Gasteiger partial charge in [-0.2, -0.15) is 5.10 Å². The van der Waals surface area contributed by atoms with Crippen molar-refractivity contribution in [2.45, 2.75) is 32.9 Å². The molecule has 0 saturated carbocycles. The van der Waals surface area contributed by atoms with Gasteiger partial charge in [-0.15, -0.1) is 0 Å². The summed E-state index contributed by atoms with van der Waals surface area (Å²) in [6.45, 7) is 9.92. The molecule has 0 amide bonds. The molecule has 0 aromatic carbocycles. The largest absolute Gasteiger partial charge is 0.378 e. The van der Waals surface area contributed by atoms with Gasteiger partial charge in [0.15, 0.2) is 0 Å². The Hall–Kier alpha value is -0.910. The van der Waals surface area contributed by atoms with Gasteiger partial charge >= 0.3 is 0 Å². The van der Waals surface area contributed by atoms with Crippen LogP contribution in [0.15, 0.2) is 6.07 Å². The fourth-order valence-corrected chi connectivity index (χ4v) is 2.50. The molecule has 108 valence electrons. The zero-order chi connectivity index (χ0) is 13.7. The molecule has 0 bridgehead atoms. The van der Waals surface area contributed by atoms with Crippen LogP contribution in [0.2, 0.25) is 0 Å². The highest BCUT2D eigenvalue weighted by atomic mass is 16.5. The first-order chi connectivity index (χ1) is 9.24. The number of likely N-dealkylation sites (N-methyl/N-ethyl adjacent to an activating group) is 1. The smallest absolute Gasteiger partial charge is 0.0635 e. The second kappa shape index (κ2) is 7.03. The van der Waals surface area contributed by atoms with Crippen molar-refractivity contribution in [2.75, 3.05) is 32.8 Å². The number of morpholine rings is 1. The Labute approximate surface area is 115 Å². The lowest BCUT2D eigenvalue weighted by atomic mass is 10.2. The van der Waals surface area contributed by atoms with Gasteiger partial charge in [0.1, 0.15) is 0 Å². The predicted octanol–water partition coefficient (Wildman–Crippen LogP) is 0.793. The van der Waals surface area contributed by atoms with Crippen LogP contribution < -0.4 is 5.32 Å². The highest BCUT2D eigenvalue weighted by Gasteiger charge is 2.23. The van der Waals surface area contributed by atoms with E-state index < -0.39 is 0 Å². The Morgan fingerprint density at radius 3 is 3.00 bits per heavy atom. The summed E-state index contributed by atoms with van der Waals surface area (Å²) in [6, 6.07) is 2.69. The first-order valence-corrected chi connectivity index (χ1v) is 7.28. The van der Waals surface area contributed by atoms with Crippen LogP contribution >= 0.6 is 0 Å². The number of aromatic nitrogens is 2. The number of rotatable bonds is 6. The van der Waals surface area contributed by atoms with Gasteiger partial charge in [0, 0.05) is 32.7 Å². The summed E-state index contributed by atoms with van der Waals surface area (Å²) in [6.07, 6.45) is 0.998. The maximum atomic E-state index is 5.60. The molecule has 19 heavy (non-hydrogen) atoms. The molecule has 5 heteroatoms. The lowest BCUT2D eigenvalue weighted by Crippen LogP contribution is -2.50. The molecule has 1 N–H and O–H groups in total. The summed E-state index contributed by atoms with van der Waals surface area (Å²) >= 11 is 0. The second-order valence-corrected chi connectivity index (χ2v) is 5.11. The number of aryl methyl sites for hydroxylation is 2. The van der Waals surface area contributed by atoms with Crippen molar-refractivity contribution in [2.24, 2.45) is 7.05 Å². The third-order valence-corrected chi connectivity index (χ3v) is 3.73. The highest BCUT2D eigenvalue weighted by Crippen LogP contribution is 2.13. The molecule has 1 aliphatic rings. The molecule has 1 fully saturated rings. The minimum Gasteiger partial charge on any atom is -0.378 e. The Morgan fingerprint density at radius 1 is 1.47 bits per heavy atom. The van der Waals surface area contributed by atoms with Crippen LogP contribution in [0, 0.1) is 0 Å². The second-order valence-electron chi connectivity index (χ2n) is 5.11. The van der Waals surface area contributed by atoms with Crippen molar-refractivity contribution in [3.63, 3.8) is 0 Å². The SMILES string of the molecule is CCNCC1COCCN1Cc1cc(CC)nn1C. The van der Waals surface area contributed by atoms with Gasteiger partial charge in [-0.25, -0.2) is 0 Å². The number of hydrogen-bond acceptors (Lipinski definition) is 4. The molecule has 1 unspecified atom stereocenters. The molecule has 0 spiro atoms. The first kappa shape index (κ1) is 14.5. The van der Waals surface area contributed by atoms with Gasteiger partial charge in [0.2, 0.25) is 0 Å². The van der Waals surface area contributed by atoms with Crippen LogP contribution in [0.4, 0.5) is 0 Å². The average molecular weight is 266 g/mol. The van der Waals surface area contributed by atoms with Crippen LogP contribution in [-0.2, 0) is 24.8 Å². The molecule has 0 radical (unpaired) electrons. The molecule has 0 aliphatic carbocycles. The molecule has 1 aromatic rings. The van der Waals surface area contributed by atoms with Crippen molar-refractivity contribution in [1.29, 1.82) is 0 Å². The summed E-state index contributed by atoms with van der Waals surface area (Å²) in [7, 11) is 2.04. The van der Waals surface area contributed by atoms with Gasteiger partial charge in [0.25, 0.3) is 0 Å². The van der Waals surface area contributed by atoms with Crippen LogP contribution in [-0.4, -0.2) is 53.6 Å². The lowest BCUT2D eigenvalue weighted by Gasteiger charge is -2.35. The Morgan fingerprint density at radius 2 is 2.32 bits per heavy atom. The van der Waals surface area contributed by atoms with E-state index in [9.17, 15) is 0 Å². The van der Waals surface area contributed by atoms with E-state index in [1.165, 1.54) is 11.4 Å². The van der Waals surface area contributed by atoms with Crippen LogP contribution in [0.5, 0.6) is 0 Å². The van der Waals surface area contributed by atoms with Crippen LogP contribution in [0.1, 0.15) is 25.2 Å². The van der Waals surface area contributed by atoms with Gasteiger partial charge in [-0.05, 0) is 19.0 Å². The normalized spacial score (nSPS) is 20.9. The minimum atomic E-state index is 0.466. The molecule has 1 saturated heterocycles. The molecule has 1 aliphatic heterocycles. The summed E-state index contributed by atoms with van der Waals surface area (Å²) < 4.78 is 7.61. The summed E-state index contributed by atoms with van der Waals surface area (Å²) in [5.41, 5.74) is 2.47. The summed E-state index contributed by atoms with van der Waals surface area (Å²) in [5, 5.41) is 7.95. The fraction of sp³-hybridized carbons (Fsp3) is 0.786. The third-order valence-electron chi connectivity index (χ3n) is 3.73. The number of hydrogen-bond donors (Lipinski definition) is 1. The van der Waals surface area contributed by atoms with E-state index in [0.717, 1.165) is 45.8 Å². The third kappa shape index (κ3) is 3.78. The molecule has 1 atom stereocenters. The minimum absolute atomic E-state index is 0.466. The highest BCUT2D eigenvalue weighted by molar-refractivity contribution is 5.10. The quantitative estimate of drug-likeness (QED) is 0.827. The Balaban J connectivity index is 1.99. The molecule has 1 aromatic heterocycles. The van der Waals surface area contributed by atoms with Crippen molar-refractivity contribution < 1.29 is 4.74 Å². The Bertz CT molecular complexity index is 391. The molecule has 2 heterocycles. The zero-order valence-corrected chi connectivity index (χ0v) is 12.4. The van der Waals surface area contributed by atoms with Gasteiger partial charge < -0.3 is 10.1 Å². The topological polar surface area (TPSA) is 42.3 Å². The van der Waals surface area contributed by atoms with Gasteiger partial charge in [-0.1, -0.05) is 13.8 Å². The average Bonchev–Trinajstić information content (AvgIpc) is 2.78.